The third-order valence-corrected chi connectivity index (χ3v) is 10.7. The van der Waals surface area contributed by atoms with Crippen LogP contribution in [0.4, 0.5) is 4.79 Å². The second kappa shape index (κ2) is 11.1. The number of nitrogens with zero attached hydrogens (tertiary/aromatic N) is 3. The molecule has 3 N–H and O–H groups in total. The maximum absolute atomic E-state index is 13.0. The van der Waals surface area contributed by atoms with Crippen LogP contribution in [-0.2, 0) is 29.7 Å². The number of nitrogens with one attached hydrogen (secondary N) is 3. The smallest absolute Gasteiger partial charge is 0.410 e. The van der Waals surface area contributed by atoms with Gasteiger partial charge in [-0.2, -0.15) is 0 Å². The Balaban J connectivity index is 0.919. The van der Waals surface area contributed by atoms with Gasteiger partial charge in [0.05, 0.1) is 23.1 Å². The summed E-state index contributed by atoms with van der Waals surface area (Å²) >= 11 is 0. The Morgan fingerprint density at radius 1 is 0.979 bits per heavy atom. The number of ether oxygens (including phenoxy) is 1. The van der Waals surface area contributed by atoms with Crippen LogP contribution in [0.5, 0.6) is 0 Å². The number of aromatic nitrogens is 4. The van der Waals surface area contributed by atoms with Crippen molar-refractivity contribution in [3.8, 4) is 33.6 Å². The molecule has 3 fully saturated rings. The number of aromatic amines is 2. The van der Waals surface area contributed by atoms with E-state index in [9.17, 15) is 4.79 Å². The molecule has 2 aliphatic heterocycles. The lowest BCUT2D eigenvalue weighted by atomic mass is 9.95. The number of imidazole rings is 2. The second-order valence-corrected chi connectivity index (χ2v) is 13.5. The van der Waals surface area contributed by atoms with Crippen LogP contribution in [0.2, 0.25) is 0 Å². The van der Waals surface area contributed by atoms with Gasteiger partial charge in [0.2, 0.25) is 0 Å². The molecule has 3 aromatic carbocycles. The number of amides is 1. The van der Waals surface area contributed by atoms with Crippen molar-refractivity contribution >= 4 is 6.09 Å². The summed E-state index contributed by atoms with van der Waals surface area (Å²) in [6.45, 7) is 6.13. The van der Waals surface area contributed by atoms with E-state index in [2.05, 4.69) is 69.3 Å². The number of H-pyrrole nitrogens is 2. The first-order valence-corrected chi connectivity index (χ1v) is 16.8. The highest BCUT2D eigenvalue weighted by Gasteiger charge is 2.60. The van der Waals surface area contributed by atoms with E-state index in [0.717, 1.165) is 72.1 Å². The van der Waals surface area contributed by atoms with E-state index in [-0.39, 0.29) is 24.3 Å². The van der Waals surface area contributed by atoms with E-state index in [4.69, 9.17) is 9.72 Å². The number of hydrogen-bond acceptors (Lipinski definition) is 5. The molecule has 236 valence electrons. The molecule has 1 amide bonds. The molecule has 0 spiro atoms. The fourth-order valence-electron chi connectivity index (χ4n) is 7.98. The van der Waals surface area contributed by atoms with Gasteiger partial charge >= 0.3 is 6.09 Å². The summed E-state index contributed by atoms with van der Waals surface area (Å²) in [5, 5.41) is 3.73. The number of rotatable bonds is 6. The third kappa shape index (κ3) is 4.90. The molecule has 4 heterocycles. The van der Waals surface area contributed by atoms with Crippen molar-refractivity contribution in [2.75, 3.05) is 13.1 Å². The Morgan fingerprint density at radius 3 is 2.62 bits per heavy atom. The summed E-state index contributed by atoms with van der Waals surface area (Å²) in [5.41, 5.74) is 11.4. The predicted octanol–water partition coefficient (Wildman–Crippen LogP) is 7.47. The highest BCUT2D eigenvalue weighted by Crippen LogP contribution is 2.56. The first-order chi connectivity index (χ1) is 23.1. The summed E-state index contributed by atoms with van der Waals surface area (Å²) in [6, 6.07) is 24.8. The normalized spacial score (nSPS) is 22.8. The van der Waals surface area contributed by atoms with E-state index >= 15 is 0 Å². The SMILES string of the molecule is C=C1CCN(C(=O)OCc2ccccc2)[C@@H]1c1ncc(-c2ccc(-c3ccc4c(c3)CCCc3[nH]c([C@@]56C[C@@H]5CCN6)nc3-4)cc2)[nH]1. The molecule has 1 saturated carbocycles. The number of hydrogen-bond donors (Lipinski definition) is 3. The molecule has 0 bridgehead atoms. The van der Waals surface area contributed by atoms with Gasteiger partial charge < -0.3 is 20.0 Å². The highest BCUT2D eigenvalue weighted by atomic mass is 16.6. The summed E-state index contributed by atoms with van der Waals surface area (Å²) < 4.78 is 5.64. The molecule has 0 unspecified atom stereocenters. The highest BCUT2D eigenvalue weighted by molar-refractivity contribution is 5.75. The number of aryl methyl sites for hydroxylation is 2. The molecule has 4 aliphatic rings. The van der Waals surface area contributed by atoms with E-state index in [1.165, 1.54) is 40.8 Å². The van der Waals surface area contributed by atoms with Crippen molar-refractivity contribution in [1.82, 2.24) is 30.2 Å². The zero-order valence-corrected chi connectivity index (χ0v) is 26.4. The molecule has 8 heteroatoms. The van der Waals surface area contributed by atoms with Crippen LogP contribution in [0.1, 0.15) is 60.2 Å². The molecule has 3 atom stereocenters. The lowest BCUT2D eigenvalue weighted by Crippen LogP contribution is -2.31. The van der Waals surface area contributed by atoms with Crippen LogP contribution in [-0.4, -0.2) is 44.0 Å². The molecule has 2 aliphatic carbocycles. The van der Waals surface area contributed by atoms with Gasteiger partial charge in [-0.05, 0) is 84.4 Å². The number of carbonyl (C=O) groups is 1. The second-order valence-electron chi connectivity index (χ2n) is 13.5. The van der Waals surface area contributed by atoms with Crippen LogP contribution < -0.4 is 5.32 Å². The van der Waals surface area contributed by atoms with Gasteiger partial charge in [-0.3, -0.25) is 4.90 Å². The number of carbonyl (C=O) groups excluding carboxylic acids is 1. The van der Waals surface area contributed by atoms with Gasteiger partial charge in [0, 0.05) is 17.8 Å². The molecule has 5 aromatic rings. The Hall–Kier alpha value is -4.95. The molecular weight excluding hydrogens is 584 g/mol. The van der Waals surface area contributed by atoms with Gasteiger partial charge in [0.1, 0.15) is 24.3 Å². The molecule has 2 saturated heterocycles. The summed E-state index contributed by atoms with van der Waals surface area (Å²) in [6.07, 6.45) is 7.87. The standard InChI is InChI=1S/C39H38N6O2/c1-24-17-19-45(38(46)47-23-25-6-3-2-4-7-25)35(24)36-40-22-33(42-36)27-12-10-26(11-13-27)28-14-15-31-29(20-28)8-5-9-32-34(31)44-37(43-32)39-21-30(39)16-18-41-39/h2-4,6-7,10-15,20,22,30,35,41H,1,5,8-9,16-19,21,23H2,(H,40,42)(H,43,44)/t30-,35-,39+/m0/s1. The molecular formula is C39H38N6O2. The zero-order valence-electron chi connectivity index (χ0n) is 26.4. The Morgan fingerprint density at radius 2 is 1.81 bits per heavy atom. The zero-order chi connectivity index (χ0) is 31.5. The van der Waals surface area contributed by atoms with Gasteiger partial charge in [-0.15, -0.1) is 0 Å². The van der Waals surface area contributed by atoms with Crippen molar-refractivity contribution in [1.29, 1.82) is 0 Å². The molecule has 2 aromatic heterocycles. The summed E-state index contributed by atoms with van der Waals surface area (Å²) in [7, 11) is 0. The van der Waals surface area contributed by atoms with Crippen LogP contribution >= 0.6 is 0 Å². The number of fused-ring (bicyclic) bond motifs is 4. The largest absolute Gasteiger partial charge is 0.445 e. The average Bonchev–Trinajstić information content (AvgIpc) is 3.59. The Kier molecular flexibility index (Phi) is 6.68. The van der Waals surface area contributed by atoms with Crippen molar-refractivity contribution in [3.63, 3.8) is 0 Å². The summed E-state index contributed by atoms with van der Waals surface area (Å²) in [4.78, 5) is 31.9. The van der Waals surface area contributed by atoms with Crippen molar-refractivity contribution in [2.45, 2.75) is 56.7 Å². The Bertz CT molecular complexity index is 1990. The van der Waals surface area contributed by atoms with Gasteiger partial charge in [-0.25, -0.2) is 14.8 Å². The Labute approximate surface area is 274 Å². The monoisotopic (exact) mass is 622 g/mol. The lowest BCUT2D eigenvalue weighted by Gasteiger charge is -2.23. The maximum atomic E-state index is 13.0. The topological polar surface area (TPSA) is 98.9 Å². The fraction of sp³-hybridized carbons (Fsp3) is 0.308. The predicted molar refractivity (Wildman–Crippen MR) is 181 cm³/mol. The van der Waals surface area contributed by atoms with Gasteiger partial charge in [0.15, 0.2) is 0 Å². The molecule has 8 nitrogen and oxygen atoms in total. The van der Waals surface area contributed by atoms with Gasteiger partial charge in [-0.1, -0.05) is 79.4 Å². The first-order valence-electron chi connectivity index (χ1n) is 16.8. The number of likely N-dealkylation sites (tertiary alicyclic amines) is 1. The molecule has 9 rings (SSSR count). The van der Waals surface area contributed by atoms with Crippen LogP contribution in [0.25, 0.3) is 33.6 Å². The summed E-state index contributed by atoms with van der Waals surface area (Å²) in [5.74, 6) is 2.59. The van der Waals surface area contributed by atoms with E-state index in [1.54, 1.807) is 4.90 Å². The van der Waals surface area contributed by atoms with Gasteiger partial charge in [0.25, 0.3) is 0 Å². The number of benzene rings is 3. The van der Waals surface area contributed by atoms with E-state index in [0.29, 0.717) is 12.4 Å². The molecule has 47 heavy (non-hydrogen) atoms. The van der Waals surface area contributed by atoms with E-state index < -0.39 is 0 Å². The minimum Gasteiger partial charge on any atom is -0.445 e. The van der Waals surface area contributed by atoms with Crippen molar-refractivity contribution in [2.24, 2.45) is 5.92 Å². The third-order valence-electron chi connectivity index (χ3n) is 10.7. The van der Waals surface area contributed by atoms with E-state index in [1.807, 2.05) is 36.5 Å². The fourth-order valence-corrected chi connectivity index (χ4v) is 7.98. The average molecular weight is 623 g/mol. The first kappa shape index (κ1) is 28.3. The number of piperidine rings is 1. The van der Waals surface area contributed by atoms with Crippen molar-refractivity contribution in [3.05, 3.63) is 120 Å². The lowest BCUT2D eigenvalue weighted by molar-refractivity contribution is 0.0933. The molecule has 0 radical (unpaired) electrons. The minimum absolute atomic E-state index is 0.0995. The van der Waals surface area contributed by atoms with Crippen LogP contribution in [0, 0.1) is 5.92 Å². The maximum Gasteiger partial charge on any atom is 0.410 e. The quantitative estimate of drug-likeness (QED) is 0.171. The van der Waals surface area contributed by atoms with Crippen LogP contribution in [0.3, 0.4) is 0 Å². The van der Waals surface area contributed by atoms with Crippen molar-refractivity contribution < 1.29 is 9.53 Å². The van der Waals surface area contributed by atoms with Crippen LogP contribution in [0.15, 0.2) is 91.1 Å². The minimum atomic E-state index is -0.355.